The number of rotatable bonds is 4. The average molecular weight is 241 g/mol. The second kappa shape index (κ2) is 5.69. The summed E-state index contributed by atoms with van der Waals surface area (Å²) in [7, 11) is 2.01. The largest absolute Gasteiger partial charge is 0.386 e. The van der Waals surface area contributed by atoms with Gasteiger partial charge in [-0.25, -0.2) is 0 Å². The molecule has 0 heterocycles. The smallest absolute Gasteiger partial charge is 0.0990 e. The number of nitrogens with zero attached hydrogens (tertiary/aromatic N) is 1. The molecule has 0 aliphatic rings. The van der Waals surface area contributed by atoms with Crippen LogP contribution in [-0.2, 0) is 0 Å². The van der Waals surface area contributed by atoms with Crippen LogP contribution in [-0.4, -0.2) is 18.2 Å². The van der Waals surface area contributed by atoms with Gasteiger partial charge >= 0.3 is 0 Å². The summed E-state index contributed by atoms with van der Waals surface area (Å²) in [6.07, 6.45) is -0.489. The third-order valence-electron chi connectivity index (χ3n) is 3.37. The summed E-state index contributed by atoms with van der Waals surface area (Å²) < 4.78 is 0. The van der Waals surface area contributed by atoms with Gasteiger partial charge in [0.15, 0.2) is 0 Å². The maximum Gasteiger partial charge on any atom is 0.0990 e. The topological polar surface area (TPSA) is 23.5 Å². The lowest BCUT2D eigenvalue weighted by Crippen LogP contribution is -2.34. The highest BCUT2D eigenvalue weighted by molar-refractivity contribution is 5.46. The maximum absolute atomic E-state index is 10.4. The molecule has 0 amide bonds. The Morgan fingerprint density at radius 3 is 1.94 bits per heavy atom. The molecule has 2 aromatic rings. The van der Waals surface area contributed by atoms with Crippen LogP contribution in [0.15, 0.2) is 60.7 Å². The molecule has 0 aliphatic carbocycles. The van der Waals surface area contributed by atoms with Crippen molar-refractivity contribution >= 4 is 5.69 Å². The van der Waals surface area contributed by atoms with E-state index in [1.54, 1.807) is 0 Å². The monoisotopic (exact) mass is 241 g/mol. The molecular weight excluding hydrogens is 222 g/mol. The van der Waals surface area contributed by atoms with E-state index in [1.165, 1.54) is 0 Å². The molecule has 2 heteroatoms. The quantitative estimate of drug-likeness (QED) is 0.888. The summed E-state index contributed by atoms with van der Waals surface area (Å²) in [6.45, 7) is 2.03. The van der Waals surface area contributed by atoms with E-state index in [-0.39, 0.29) is 6.04 Å². The molecule has 0 saturated heterocycles. The Morgan fingerprint density at radius 2 is 1.39 bits per heavy atom. The van der Waals surface area contributed by atoms with Crippen molar-refractivity contribution in [3.63, 3.8) is 0 Å². The fourth-order valence-corrected chi connectivity index (χ4v) is 2.04. The van der Waals surface area contributed by atoms with Gasteiger partial charge in [0.05, 0.1) is 12.1 Å². The molecule has 0 saturated carbocycles. The van der Waals surface area contributed by atoms with E-state index in [9.17, 15) is 5.11 Å². The zero-order valence-corrected chi connectivity index (χ0v) is 10.8. The van der Waals surface area contributed by atoms with Crippen molar-refractivity contribution in [2.24, 2.45) is 0 Å². The molecule has 2 aromatic carbocycles. The maximum atomic E-state index is 10.4. The van der Waals surface area contributed by atoms with Gasteiger partial charge in [0.25, 0.3) is 0 Å². The van der Waals surface area contributed by atoms with Crippen LogP contribution in [0.4, 0.5) is 5.69 Å². The molecule has 2 nitrogen and oxygen atoms in total. The van der Waals surface area contributed by atoms with Crippen molar-refractivity contribution in [1.82, 2.24) is 0 Å². The Hall–Kier alpha value is -1.80. The van der Waals surface area contributed by atoms with Crippen molar-refractivity contribution in [3.8, 4) is 0 Å². The molecule has 0 aromatic heterocycles. The minimum absolute atomic E-state index is 0.0230. The number of aliphatic hydroxyl groups excluding tert-OH is 1. The third kappa shape index (κ3) is 2.71. The molecule has 0 fully saturated rings. The summed E-state index contributed by atoms with van der Waals surface area (Å²) in [4.78, 5) is 2.09. The first kappa shape index (κ1) is 12.7. The van der Waals surface area contributed by atoms with Crippen LogP contribution in [0, 0.1) is 0 Å². The number of para-hydroxylation sites is 1. The van der Waals surface area contributed by atoms with Gasteiger partial charge in [0, 0.05) is 12.7 Å². The molecule has 2 unspecified atom stereocenters. The Morgan fingerprint density at radius 1 is 0.889 bits per heavy atom. The lowest BCUT2D eigenvalue weighted by Gasteiger charge is -2.31. The molecule has 2 atom stereocenters. The van der Waals surface area contributed by atoms with Gasteiger partial charge in [-0.15, -0.1) is 0 Å². The molecule has 2 rings (SSSR count). The second-order valence-electron chi connectivity index (χ2n) is 4.54. The lowest BCUT2D eigenvalue weighted by molar-refractivity contribution is 0.151. The van der Waals surface area contributed by atoms with Gasteiger partial charge < -0.3 is 10.0 Å². The highest BCUT2D eigenvalue weighted by Crippen LogP contribution is 2.23. The molecule has 1 N–H and O–H groups in total. The van der Waals surface area contributed by atoms with Crippen LogP contribution in [0.1, 0.15) is 18.6 Å². The van der Waals surface area contributed by atoms with Crippen molar-refractivity contribution in [3.05, 3.63) is 66.2 Å². The van der Waals surface area contributed by atoms with E-state index in [1.807, 2.05) is 74.6 Å². The van der Waals surface area contributed by atoms with E-state index < -0.39 is 6.10 Å². The lowest BCUT2D eigenvalue weighted by atomic mass is 10.0. The number of benzene rings is 2. The summed E-state index contributed by atoms with van der Waals surface area (Å²) in [5.41, 5.74) is 2.06. The fraction of sp³-hybridized carbons (Fsp3) is 0.250. The van der Waals surface area contributed by atoms with Crippen LogP contribution < -0.4 is 4.90 Å². The van der Waals surface area contributed by atoms with Gasteiger partial charge in [0.1, 0.15) is 0 Å². The first-order valence-electron chi connectivity index (χ1n) is 6.21. The van der Waals surface area contributed by atoms with Gasteiger partial charge in [-0.3, -0.25) is 0 Å². The van der Waals surface area contributed by atoms with Gasteiger partial charge in [-0.1, -0.05) is 48.5 Å². The summed E-state index contributed by atoms with van der Waals surface area (Å²) >= 11 is 0. The van der Waals surface area contributed by atoms with E-state index >= 15 is 0 Å². The number of hydrogen-bond acceptors (Lipinski definition) is 2. The van der Waals surface area contributed by atoms with Gasteiger partial charge in [-0.05, 0) is 24.6 Å². The Bertz CT molecular complexity index is 423. The Kier molecular flexibility index (Phi) is 4.00. The van der Waals surface area contributed by atoms with Crippen LogP contribution in [0.2, 0.25) is 0 Å². The molecule has 0 radical (unpaired) electrons. The number of hydrogen-bond donors (Lipinski definition) is 1. The molecule has 18 heavy (non-hydrogen) atoms. The fourth-order valence-electron chi connectivity index (χ4n) is 2.04. The highest BCUT2D eigenvalue weighted by Gasteiger charge is 2.20. The highest BCUT2D eigenvalue weighted by atomic mass is 16.3. The van der Waals surface area contributed by atoms with Crippen molar-refractivity contribution < 1.29 is 5.11 Å². The Balaban J connectivity index is 2.14. The first-order valence-corrected chi connectivity index (χ1v) is 6.21. The van der Waals surface area contributed by atoms with Crippen LogP contribution >= 0.6 is 0 Å². The van der Waals surface area contributed by atoms with Crippen molar-refractivity contribution in [2.75, 3.05) is 11.9 Å². The molecule has 0 bridgehead atoms. The normalized spacial score (nSPS) is 13.9. The van der Waals surface area contributed by atoms with Crippen molar-refractivity contribution in [2.45, 2.75) is 19.1 Å². The molecule has 94 valence electrons. The van der Waals surface area contributed by atoms with Crippen LogP contribution in [0.5, 0.6) is 0 Å². The minimum atomic E-state index is -0.489. The number of anilines is 1. The zero-order valence-electron chi connectivity index (χ0n) is 10.8. The standard InChI is InChI=1S/C16H19NO/c1-13(16(18)14-9-5-3-6-10-14)17(2)15-11-7-4-8-12-15/h3-13,16,18H,1-2H3. The predicted molar refractivity (Wildman–Crippen MR) is 75.7 cm³/mol. The zero-order chi connectivity index (χ0) is 13.0. The van der Waals surface area contributed by atoms with Gasteiger partial charge in [-0.2, -0.15) is 0 Å². The van der Waals surface area contributed by atoms with Gasteiger partial charge in [0.2, 0.25) is 0 Å². The predicted octanol–water partition coefficient (Wildman–Crippen LogP) is 3.24. The number of aliphatic hydroxyl groups is 1. The Labute approximate surface area is 109 Å². The summed E-state index contributed by atoms with van der Waals surface area (Å²) in [5, 5.41) is 10.4. The third-order valence-corrected chi connectivity index (χ3v) is 3.37. The van der Waals surface area contributed by atoms with E-state index in [0.29, 0.717) is 0 Å². The summed E-state index contributed by atoms with van der Waals surface area (Å²) in [5.74, 6) is 0. The SMILES string of the molecule is CC(C(O)c1ccccc1)N(C)c1ccccc1. The minimum Gasteiger partial charge on any atom is -0.386 e. The second-order valence-corrected chi connectivity index (χ2v) is 4.54. The van der Waals surface area contributed by atoms with E-state index in [2.05, 4.69) is 4.90 Å². The van der Waals surface area contributed by atoms with Crippen LogP contribution in [0.25, 0.3) is 0 Å². The van der Waals surface area contributed by atoms with Crippen molar-refractivity contribution in [1.29, 1.82) is 0 Å². The molecule has 0 aliphatic heterocycles. The van der Waals surface area contributed by atoms with E-state index in [0.717, 1.165) is 11.3 Å². The average Bonchev–Trinajstić information content (AvgIpc) is 2.47. The van der Waals surface area contributed by atoms with Crippen LogP contribution in [0.3, 0.4) is 0 Å². The van der Waals surface area contributed by atoms with E-state index in [4.69, 9.17) is 0 Å². The first-order chi connectivity index (χ1) is 8.70. The molecule has 0 spiro atoms. The molecular formula is C16H19NO. The number of likely N-dealkylation sites (N-methyl/N-ethyl adjacent to an activating group) is 1. The summed E-state index contributed by atoms with van der Waals surface area (Å²) in [6, 6.07) is 19.9.